The van der Waals surface area contributed by atoms with E-state index in [0.717, 1.165) is 26.4 Å². The Morgan fingerprint density at radius 3 is 1.11 bits per heavy atom. The van der Waals surface area contributed by atoms with Gasteiger partial charge in [-0.15, -0.1) is 0 Å². The molecule has 0 unspecified atom stereocenters. The molecule has 0 aromatic heterocycles. The van der Waals surface area contributed by atoms with E-state index in [2.05, 4.69) is 87.9 Å². The SMILES string of the molecule is CC(C)(C)[Si](Cl)(c1ccccc1)c1ccccc1.CCCCCCCCCCCCCC[C@@H](C)O.CCCCCCCCCCCCCC[C@H](O)C(=O)OC.CO. The van der Waals surface area contributed by atoms with Gasteiger partial charge in [-0.25, -0.2) is 4.79 Å². The van der Waals surface area contributed by atoms with Gasteiger partial charge in [0.15, 0.2) is 6.10 Å². The quantitative estimate of drug-likeness (QED) is 0.0329. The molecule has 0 saturated heterocycles. The number of carbonyl (C=O) groups excluding carboxylic acids is 1. The fraction of sp³-hybridized carbons (Fsp3) is 0.740. The van der Waals surface area contributed by atoms with Crippen LogP contribution >= 0.6 is 11.1 Å². The maximum atomic E-state index is 11.0. The lowest BCUT2D eigenvalue weighted by Gasteiger charge is -2.38. The molecule has 3 N–H and O–H groups in total. The number of esters is 1. The Balaban J connectivity index is 0. The van der Waals surface area contributed by atoms with Crippen molar-refractivity contribution in [3.8, 4) is 0 Å². The predicted molar refractivity (Wildman–Crippen MR) is 253 cm³/mol. The van der Waals surface area contributed by atoms with Gasteiger partial charge in [0.2, 0.25) is 7.38 Å². The third-order valence-electron chi connectivity index (χ3n) is 10.7. The Kier molecular flexibility index (Phi) is 40.0. The second-order valence-corrected chi connectivity index (χ2v) is 22.6. The molecule has 0 saturated carbocycles. The van der Waals surface area contributed by atoms with E-state index in [0.29, 0.717) is 6.42 Å². The molecule has 0 aliphatic heterocycles. The lowest BCUT2D eigenvalue weighted by molar-refractivity contribution is -0.150. The number of halogens is 1. The van der Waals surface area contributed by atoms with E-state index in [1.165, 1.54) is 159 Å². The molecule has 332 valence electrons. The predicted octanol–water partition coefficient (Wildman–Crippen LogP) is 13.5. The van der Waals surface area contributed by atoms with Gasteiger partial charge >= 0.3 is 5.97 Å². The molecule has 2 atom stereocenters. The van der Waals surface area contributed by atoms with E-state index in [1.54, 1.807) is 0 Å². The molecule has 0 fully saturated rings. The standard InChI is InChI=1S/C17H34O3.C16H19ClSi.C16H34O.CH4O/c1-3-4-5-6-7-8-9-10-11-12-13-14-15-16(18)17(19)20-2;1-16(2,3)18(17,14-10-6-4-7-11-14)15-12-8-5-9-13-15;1-3-4-5-6-7-8-9-10-11-12-13-14-15-16(2)17;1-2/h16,18H,3-15H2,1-2H3;4-13H,1-3H3;16-17H,3-15H2,1-2H3;2H,1H3/t16-;;16-;/m0.1./s1. The number of hydrogen-bond acceptors (Lipinski definition) is 5. The average molecular weight is 836 g/mol. The third kappa shape index (κ3) is 30.9. The van der Waals surface area contributed by atoms with Gasteiger partial charge < -0.3 is 20.1 Å². The second-order valence-electron chi connectivity index (χ2n) is 16.9. The van der Waals surface area contributed by atoms with E-state index in [4.69, 9.17) is 21.3 Å². The van der Waals surface area contributed by atoms with Crippen LogP contribution in [0.25, 0.3) is 0 Å². The summed E-state index contributed by atoms with van der Waals surface area (Å²) in [6, 6.07) is 21.1. The van der Waals surface area contributed by atoms with E-state index in [9.17, 15) is 9.90 Å². The van der Waals surface area contributed by atoms with Crippen molar-refractivity contribution in [2.45, 2.75) is 226 Å². The van der Waals surface area contributed by atoms with Crippen LogP contribution in [0.2, 0.25) is 5.04 Å². The molecular weight excluding hydrogens is 744 g/mol. The first-order valence-electron chi connectivity index (χ1n) is 23.1. The Bertz CT molecular complexity index is 1070. The minimum absolute atomic E-state index is 0.0667. The zero-order valence-corrected chi connectivity index (χ0v) is 40.1. The normalized spacial score (nSPS) is 12.2. The first-order valence-corrected chi connectivity index (χ1v) is 26.1. The minimum atomic E-state index is -2.23. The van der Waals surface area contributed by atoms with Crippen LogP contribution in [0.5, 0.6) is 0 Å². The van der Waals surface area contributed by atoms with Crippen molar-refractivity contribution in [1.29, 1.82) is 0 Å². The third-order valence-corrected chi connectivity index (χ3v) is 18.0. The summed E-state index contributed by atoms with van der Waals surface area (Å²) < 4.78 is 4.48. The van der Waals surface area contributed by atoms with Crippen LogP contribution in [-0.2, 0) is 9.53 Å². The van der Waals surface area contributed by atoms with Crippen molar-refractivity contribution in [1.82, 2.24) is 0 Å². The largest absolute Gasteiger partial charge is 0.467 e. The first-order chi connectivity index (χ1) is 27.4. The topological polar surface area (TPSA) is 87.0 Å². The van der Waals surface area contributed by atoms with Gasteiger partial charge in [-0.1, -0.05) is 249 Å². The summed E-state index contributed by atoms with van der Waals surface area (Å²) in [5.41, 5.74) is 0. The lowest BCUT2D eigenvalue weighted by atomic mass is 10.0. The summed E-state index contributed by atoms with van der Waals surface area (Å²) in [6.07, 6.45) is 32.6. The zero-order valence-electron chi connectivity index (χ0n) is 38.3. The number of benzene rings is 2. The van der Waals surface area contributed by atoms with Crippen molar-refractivity contribution in [2.24, 2.45) is 0 Å². The van der Waals surface area contributed by atoms with Crippen molar-refractivity contribution in [3.05, 3.63) is 60.7 Å². The van der Waals surface area contributed by atoms with Crippen LogP contribution in [0, 0.1) is 0 Å². The van der Waals surface area contributed by atoms with E-state index < -0.39 is 19.5 Å². The molecule has 2 aromatic rings. The highest BCUT2D eigenvalue weighted by Crippen LogP contribution is 2.38. The van der Waals surface area contributed by atoms with Crippen molar-refractivity contribution in [3.63, 3.8) is 0 Å². The number of carbonyl (C=O) groups is 1. The van der Waals surface area contributed by atoms with Crippen LogP contribution in [-0.4, -0.2) is 55.1 Å². The summed E-state index contributed by atoms with van der Waals surface area (Å²) in [6.45, 7) is 13.1. The highest BCUT2D eigenvalue weighted by molar-refractivity contribution is 7.35. The van der Waals surface area contributed by atoms with Gasteiger partial charge in [-0.05, 0) is 35.2 Å². The molecule has 0 radical (unpaired) electrons. The van der Waals surface area contributed by atoms with E-state index in [1.807, 2.05) is 19.1 Å². The van der Waals surface area contributed by atoms with Crippen LogP contribution < -0.4 is 10.4 Å². The average Bonchev–Trinajstić information content (AvgIpc) is 3.22. The smallest absolute Gasteiger partial charge is 0.334 e. The number of aliphatic hydroxyl groups excluding tert-OH is 3. The molecule has 2 aromatic carbocycles. The number of methoxy groups -OCH3 is 1. The number of unbranched alkanes of at least 4 members (excludes halogenated alkanes) is 22. The van der Waals surface area contributed by atoms with Crippen LogP contribution in [0.1, 0.15) is 208 Å². The van der Waals surface area contributed by atoms with Gasteiger partial charge in [-0.2, -0.15) is 11.1 Å². The molecule has 0 bridgehead atoms. The van der Waals surface area contributed by atoms with Crippen LogP contribution in [0.15, 0.2) is 60.7 Å². The van der Waals surface area contributed by atoms with Crippen molar-refractivity contribution < 1.29 is 24.9 Å². The summed E-state index contributed by atoms with van der Waals surface area (Å²) >= 11 is 7.21. The number of aliphatic hydroxyl groups is 3. The van der Waals surface area contributed by atoms with E-state index >= 15 is 0 Å². The number of ether oxygens (including phenoxy) is 1. The summed E-state index contributed by atoms with van der Waals surface area (Å²) in [7, 11) is 0.0823. The van der Waals surface area contributed by atoms with Gasteiger partial charge in [0.1, 0.15) is 0 Å². The minimum Gasteiger partial charge on any atom is -0.467 e. The molecule has 0 amide bonds. The molecule has 0 spiro atoms. The fourth-order valence-corrected chi connectivity index (χ4v) is 11.2. The monoisotopic (exact) mass is 835 g/mol. The van der Waals surface area contributed by atoms with Gasteiger partial charge in [0.05, 0.1) is 13.2 Å². The van der Waals surface area contributed by atoms with Gasteiger partial charge in [-0.3, -0.25) is 0 Å². The maximum Gasteiger partial charge on any atom is 0.334 e. The number of rotatable bonds is 29. The molecule has 0 aliphatic rings. The zero-order chi connectivity index (χ0) is 43.0. The molecular formula is C50H91ClO5Si. The van der Waals surface area contributed by atoms with Gasteiger partial charge in [0.25, 0.3) is 0 Å². The second kappa shape index (κ2) is 39.7. The summed E-state index contributed by atoms with van der Waals surface area (Å²) in [5.74, 6) is -0.506. The molecule has 2 rings (SSSR count). The summed E-state index contributed by atoms with van der Waals surface area (Å²) in [4.78, 5) is 11.0. The lowest BCUT2D eigenvalue weighted by Crippen LogP contribution is -2.59. The highest BCUT2D eigenvalue weighted by atomic mass is 35.6. The Hall–Kier alpha value is -1.70. The highest BCUT2D eigenvalue weighted by Gasteiger charge is 2.46. The Morgan fingerprint density at radius 2 is 0.842 bits per heavy atom. The Morgan fingerprint density at radius 1 is 0.561 bits per heavy atom. The fourth-order valence-electron chi connectivity index (χ4n) is 7.08. The van der Waals surface area contributed by atoms with Crippen LogP contribution in [0.4, 0.5) is 0 Å². The van der Waals surface area contributed by atoms with E-state index in [-0.39, 0.29) is 11.1 Å². The Labute approximate surface area is 358 Å². The van der Waals surface area contributed by atoms with Crippen molar-refractivity contribution >= 4 is 34.8 Å². The maximum absolute atomic E-state index is 11.0. The summed E-state index contributed by atoms with van der Waals surface area (Å²) in [5, 5.41) is 28.2. The molecule has 7 heteroatoms. The molecule has 0 aliphatic carbocycles. The first kappa shape index (κ1) is 57.4. The van der Waals surface area contributed by atoms with Gasteiger partial charge in [0, 0.05) is 7.11 Å². The number of hydrogen-bond donors (Lipinski definition) is 3. The molecule has 57 heavy (non-hydrogen) atoms. The molecule has 5 nitrogen and oxygen atoms in total. The molecule has 0 heterocycles. The van der Waals surface area contributed by atoms with Crippen molar-refractivity contribution in [2.75, 3.05) is 14.2 Å². The van der Waals surface area contributed by atoms with Crippen LogP contribution in [0.3, 0.4) is 0 Å².